The van der Waals surface area contributed by atoms with E-state index in [-0.39, 0.29) is 28.1 Å². The van der Waals surface area contributed by atoms with Crippen molar-refractivity contribution in [1.82, 2.24) is 4.98 Å². The molecule has 132 valence electrons. The number of nitro groups is 1. The van der Waals surface area contributed by atoms with Gasteiger partial charge in [-0.05, 0) is 30.7 Å². The number of para-hydroxylation sites is 1. The number of hydrogen-bond donors (Lipinski definition) is 1. The van der Waals surface area contributed by atoms with Crippen molar-refractivity contribution in [2.75, 3.05) is 11.1 Å². The van der Waals surface area contributed by atoms with Crippen molar-refractivity contribution in [3.63, 3.8) is 0 Å². The van der Waals surface area contributed by atoms with E-state index >= 15 is 0 Å². The average molecular weight is 388 g/mol. The van der Waals surface area contributed by atoms with Crippen LogP contribution in [-0.4, -0.2) is 21.6 Å². The first kappa shape index (κ1) is 18.2. The van der Waals surface area contributed by atoms with Crippen LogP contribution in [-0.2, 0) is 4.79 Å². The highest BCUT2D eigenvalue weighted by molar-refractivity contribution is 7.99. The lowest BCUT2D eigenvalue weighted by molar-refractivity contribution is -0.384. The number of carbonyl (C=O) groups excluding carboxylic acids is 1. The van der Waals surface area contributed by atoms with Crippen LogP contribution in [0.25, 0.3) is 10.9 Å². The molecule has 0 fully saturated rings. The van der Waals surface area contributed by atoms with Gasteiger partial charge in [-0.1, -0.05) is 41.6 Å². The number of hydrogen-bond acceptors (Lipinski definition) is 5. The number of amides is 1. The Morgan fingerprint density at radius 1 is 1.27 bits per heavy atom. The maximum atomic E-state index is 12.2. The van der Waals surface area contributed by atoms with Crippen LogP contribution in [0.1, 0.15) is 5.56 Å². The quantitative estimate of drug-likeness (QED) is 0.384. The van der Waals surface area contributed by atoms with E-state index in [0.29, 0.717) is 0 Å². The molecule has 0 spiro atoms. The molecule has 0 aliphatic rings. The number of aryl methyl sites for hydroxylation is 1. The molecule has 0 unspecified atom stereocenters. The molecule has 1 N–H and O–H groups in total. The third-order valence-electron chi connectivity index (χ3n) is 3.69. The molecular formula is C18H14ClN3O3S. The summed E-state index contributed by atoms with van der Waals surface area (Å²) < 4.78 is 0. The first-order chi connectivity index (χ1) is 12.4. The minimum Gasteiger partial charge on any atom is -0.324 e. The lowest BCUT2D eigenvalue weighted by Gasteiger charge is -2.08. The van der Waals surface area contributed by atoms with Gasteiger partial charge in [0, 0.05) is 17.5 Å². The SMILES string of the molecule is Cc1cc(SCC(=O)Nc2cc([N+](=O)[O-])ccc2Cl)nc2ccccc12. The van der Waals surface area contributed by atoms with Crippen molar-refractivity contribution in [2.24, 2.45) is 0 Å². The first-order valence-corrected chi connectivity index (χ1v) is 9.03. The number of rotatable bonds is 5. The van der Waals surface area contributed by atoms with Crippen molar-refractivity contribution >= 4 is 51.5 Å². The van der Waals surface area contributed by atoms with Crippen LogP contribution >= 0.6 is 23.4 Å². The van der Waals surface area contributed by atoms with Gasteiger partial charge in [0.2, 0.25) is 5.91 Å². The fourth-order valence-electron chi connectivity index (χ4n) is 2.44. The maximum absolute atomic E-state index is 12.2. The highest BCUT2D eigenvalue weighted by atomic mass is 35.5. The largest absolute Gasteiger partial charge is 0.324 e. The molecule has 3 rings (SSSR count). The van der Waals surface area contributed by atoms with E-state index in [9.17, 15) is 14.9 Å². The lowest BCUT2D eigenvalue weighted by atomic mass is 10.1. The molecule has 0 aliphatic carbocycles. The third-order valence-corrected chi connectivity index (χ3v) is 4.93. The molecule has 0 saturated heterocycles. The average Bonchev–Trinajstić information content (AvgIpc) is 2.62. The van der Waals surface area contributed by atoms with Gasteiger partial charge in [0.25, 0.3) is 5.69 Å². The second-order valence-electron chi connectivity index (χ2n) is 5.55. The van der Waals surface area contributed by atoms with E-state index in [4.69, 9.17) is 11.6 Å². The van der Waals surface area contributed by atoms with Crippen molar-refractivity contribution in [3.8, 4) is 0 Å². The van der Waals surface area contributed by atoms with E-state index < -0.39 is 4.92 Å². The van der Waals surface area contributed by atoms with Crippen LogP contribution < -0.4 is 5.32 Å². The highest BCUT2D eigenvalue weighted by Crippen LogP contribution is 2.28. The van der Waals surface area contributed by atoms with Gasteiger partial charge >= 0.3 is 0 Å². The van der Waals surface area contributed by atoms with Crippen LogP contribution in [0.4, 0.5) is 11.4 Å². The Hall–Kier alpha value is -2.64. The number of pyridine rings is 1. The molecule has 2 aromatic carbocycles. The normalized spacial score (nSPS) is 10.7. The van der Waals surface area contributed by atoms with E-state index in [0.717, 1.165) is 21.5 Å². The highest BCUT2D eigenvalue weighted by Gasteiger charge is 2.13. The van der Waals surface area contributed by atoms with Crippen LogP contribution in [0.2, 0.25) is 5.02 Å². The summed E-state index contributed by atoms with van der Waals surface area (Å²) in [4.78, 5) is 27.0. The number of nitrogens with zero attached hydrogens (tertiary/aromatic N) is 2. The van der Waals surface area contributed by atoms with Gasteiger partial charge in [-0.3, -0.25) is 14.9 Å². The third kappa shape index (κ3) is 4.12. The smallest absolute Gasteiger partial charge is 0.271 e. The Labute approximate surface area is 158 Å². The van der Waals surface area contributed by atoms with Gasteiger partial charge in [-0.2, -0.15) is 0 Å². The fraction of sp³-hybridized carbons (Fsp3) is 0.111. The van der Waals surface area contributed by atoms with E-state index in [2.05, 4.69) is 10.3 Å². The number of nitro benzene ring substituents is 1. The molecule has 0 atom stereocenters. The summed E-state index contributed by atoms with van der Waals surface area (Å²) in [5.41, 5.74) is 2.04. The van der Waals surface area contributed by atoms with Crippen molar-refractivity contribution in [3.05, 3.63) is 69.2 Å². The number of thioether (sulfide) groups is 1. The number of non-ortho nitro benzene ring substituents is 1. The Balaban J connectivity index is 1.70. The maximum Gasteiger partial charge on any atom is 0.271 e. The molecule has 0 aliphatic heterocycles. The molecule has 0 radical (unpaired) electrons. The molecule has 1 aromatic heterocycles. The summed E-state index contributed by atoms with van der Waals surface area (Å²) in [5, 5.41) is 15.5. The van der Waals surface area contributed by atoms with Gasteiger partial charge in [-0.15, -0.1) is 0 Å². The minimum atomic E-state index is -0.539. The predicted octanol–water partition coefficient (Wildman–Crippen LogP) is 4.84. The Bertz CT molecular complexity index is 1010. The molecular weight excluding hydrogens is 374 g/mol. The Morgan fingerprint density at radius 3 is 2.81 bits per heavy atom. The number of nitrogens with one attached hydrogen (secondary N) is 1. The zero-order valence-corrected chi connectivity index (χ0v) is 15.3. The summed E-state index contributed by atoms with van der Waals surface area (Å²) >= 11 is 7.28. The summed E-state index contributed by atoms with van der Waals surface area (Å²) in [6, 6.07) is 13.6. The molecule has 8 heteroatoms. The number of fused-ring (bicyclic) bond motifs is 1. The van der Waals surface area contributed by atoms with E-state index in [1.165, 1.54) is 30.0 Å². The van der Waals surface area contributed by atoms with Gasteiger partial charge in [0.15, 0.2) is 0 Å². The minimum absolute atomic E-state index is 0.115. The van der Waals surface area contributed by atoms with E-state index in [1.54, 1.807) is 0 Å². The van der Waals surface area contributed by atoms with Gasteiger partial charge in [-0.25, -0.2) is 4.98 Å². The fourth-order valence-corrected chi connectivity index (χ4v) is 3.38. The summed E-state index contributed by atoms with van der Waals surface area (Å²) in [6.45, 7) is 2.00. The number of carbonyl (C=O) groups is 1. The van der Waals surface area contributed by atoms with Crippen LogP contribution in [0.15, 0.2) is 53.6 Å². The van der Waals surface area contributed by atoms with Crippen LogP contribution in [0.5, 0.6) is 0 Å². The summed E-state index contributed by atoms with van der Waals surface area (Å²) in [5.74, 6) is -0.200. The molecule has 1 heterocycles. The van der Waals surface area contributed by atoms with Gasteiger partial charge in [0.1, 0.15) is 0 Å². The number of aromatic nitrogens is 1. The summed E-state index contributed by atoms with van der Waals surface area (Å²) in [6.07, 6.45) is 0. The van der Waals surface area contributed by atoms with E-state index in [1.807, 2.05) is 37.3 Å². The molecule has 0 saturated carbocycles. The zero-order valence-electron chi connectivity index (χ0n) is 13.7. The molecule has 3 aromatic rings. The Kier molecular flexibility index (Phi) is 5.39. The second-order valence-corrected chi connectivity index (χ2v) is 6.96. The number of benzene rings is 2. The standard InChI is InChI=1S/C18H14ClN3O3S/c1-11-8-18(21-15-5-3-2-4-13(11)15)26-10-17(23)20-16-9-12(22(24)25)6-7-14(16)19/h2-9H,10H2,1H3,(H,20,23). The molecule has 0 bridgehead atoms. The second kappa shape index (κ2) is 7.72. The lowest BCUT2D eigenvalue weighted by Crippen LogP contribution is -2.14. The summed E-state index contributed by atoms with van der Waals surface area (Å²) in [7, 11) is 0. The van der Waals surface area contributed by atoms with Gasteiger partial charge in [0.05, 0.1) is 31.9 Å². The molecule has 1 amide bonds. The first-order valence-electron chi connectivity index (χ1n) is 7.67. The zero-order chi connectivity index (χ0) is 18.7. The van der Waals surface area contributed by atoms with Crippen molar-refractivity contribution in [2.45, 2.75) is 11.9 Å². The van der Waals surface area contributed by atoms with Crippen LogP contribution in [0.3, 0.4) is 0 Å². The number of anilines is 1. The molecule has 26 heavy (non-hydrogen) atoms. The number of halogens is 1. The van der Waals surface area contributed by atoms with Crippen LogP contribution in [0, 0.1) is 17.0 Å². The van der Waals surface area contributed by atoms with Crippen molar-refractivity contribution in [1.29, 1.82) is 0 Å². The van der Waals surface area contributed by atoms with Gasteiger partial charge < -0.3 is 5.32 Å². The van der Waals surface area contributed by atoms with Crippen molar-refractivity contribution < 1.29 is 9.72 Å². The monoisotopic (exact) mass is 387 g/mol. The topological polar surface area (TPSA) is 85.1 Å². The Morgan fingerprint density at radius 2 is 2.04 bits per heavy atom. The molecule has 6 nitrogen and oxygen atoms in total. The predicted molar refractivity (Wildman–Crippen MR) is 104 cm³/mol.